The van der Waals surface area contributed by atoms with Crippen molar-refractivity contribution in [3.8, 4) is 23.0 Å². The summed E-state index contributed by atoms with van der Waals surface area (Å²) in [6, 6.07) is 11.2. The molecule has 0 spiro atoms. The average molecular weight is 354 g/mol. The summed E-state index contributed by atoms with van der Waals surface area (Å²) in [7, 11) is 3.69. The van der Waals surface area contributed by atoms with E-state index in [1.807, 2.05) is 30.3 Å². The van der Waals surface area contributed by atoms with Crippen molar-refractivity contribution in [1.29, 1.82) is 0 Å². The van der Waals surface area contributed by atoms with Crippen molar-refractivity contribution in [2.75, 3.05) is 27.2 Å². The molecule has 0 bridgehead atoms. The normalized spacial score (nSPS) is 17.3. The quantitative estimate of drug-likeness (QED) is 0.776. The minimum atomic E-state index is -1.02. The topological polar surface area (TPSA) is 76.5 Å². The number of hydrogen-bond acceptors (Lipinski definition) is 6. The van der Waals surface area contributed by atoms with Gasteiger partial charge in [0.15, 0.2) is 11.6 Å². The lowest BCUT2D eigenvalue weighted by molar-refractivity contribution is -0.0292. The molecule has 7 nitrogen and oxygen atoms in total. The van der Waals surface area contributed by atoms with Gasteiger partial charge in [-0.1, -0.05) is 0 Å². The predicted octanol–water partition coefficient (Wildman–Crippen LogP) is 2.45. The fraction of sp³-hybridized carbons (Fsp3) is 0.368. The highest BCUT2D eigenvalue weighted by atomic mass is 16.5. The maximum Gasteiger partial charge on any atom is 0.217 e. The number of ether oxygens (including phenoxy) is 1. The zero-order valence-corrected chi connectivity index (χ0v) is 14.9. The van der Waals surface area contributed by atoms with Crippen LogP contribution in [0.2, 0.25) is 0 Å². The zero-order chi connectivity index (χ0) is 18.1. The van der Waals surface area contributed by atoms with Crippen LogP contribution in [0.4, 0.5) is 0 Å². The molecule has 0 atom stereocenters. The van der Waals surface area contributed by atoms with Crippen LogP contribution < -0.4 is 4.74 Å². The Morgan fingerprint density at radius 2 is 1.88 bits per heavy atom. The van der Waals surface area contributed by atoms with Gasteiger partial charge in [-0.3, -0.25) is 0 Å². The van der Waals surface area contributed by atoms with Crippen molar-refractivity contribution < 1.29 is 14.3 Å². The van der Waals surface area contributed by atoms with Crippen molar-refractivity contribution in [2.45, 2.75) is 18.4 Å². The third kappa shape index (κ3) is 3.00. The first-order valence-electron chi connectivity index (χ1n) is 8.66. The second-order valence-electron chi connectivity index (χ2n) is 6.68. The third-order valence-electron chi connectivity index (χ3n) is 4.90. The van der Waals surface area contributed by atoms with E-state index in [4.69, 9.17) is 9.15 Å². The molecule has 7 heteroatoms. The van der Waals surface area contributed by atoms with Gasteiger partial charge in [-0.15, -0.1) is 5.10 Å². The Hall–Kier alpha value is -2.64. The summed E-state index contributed by atoms with van der Waals surface area (Å²) in [4.78, 5) is 6.85. The minimum Gasteiger partial charge on any atom is -0.497 e. The van der Waals surface area contributed by atoms with Crippen LogP contribution in [0.1, 0.15) is 18.7 Å². The number of hydrogen-bond donors (Lipinski definition) is 1. The second-order valence-corrected chi connectivity index (χ2v) is 6.68. The van der Waals surface area contributed by atoms with E-state index in [2.05, 4.69) is 22.0 Å². The van der Waals surface area contributed by atoms with Crippen molar-refractivity contribution in [2.24, 2.45) is 0 Å². The molecular formula is C19H22N4O3. The molecule has 1 N–H and O–H groups in total. The lowest BCUT2D eigenvalue weighted by Gasteiger charge is -2.35. The van der Waals surface area contributed by atoms with Gasteiger partial charge in [0.25, 0.3) is 0 Å². The Morgan fingerprint density at radius 1 is 1.15 bits per heavy atom. The van der Waals surface area contributed by atoms with Crippen molar-refractivity contribution >= 4 is 0 Å². The fourth-order valence-corrected chi connectivity index (χ4v) is 3.24. The van der Waals surface area contributed by atoms with Gasteiger partial charge in [-0.25, -0.2) is 9.67 Å². The fourth-order valence-electron chi connectivity index (χ4n) is 3.24. The van der Waals surface area contributed by atoms with Gasteiger partial charge >= 0.3 is 0 Å². The predicted molar refractivity (Wildman–Crippen MR) is 96.2 cm³/mol. The minimum absolute atomic E-state index is 0.466. The van der Waals surface area contributed by atoms with Crippen LogP contribution in [-0.4, -0.2) is 52.0 Å². The Bertz CT molecular complexity index is 863. The summed E-state index contributed by atoms with van der Waals surface area (Å²) >= 11 is 0. The van der Waals surface area contributed by atoms with E-state index in [0.29, 0.717) is 30.3 Å². The molecule has 1 aliphatic heterocycles. The van der Waals surface area contributed by atoms with Gasteiger partial charge in [0.1, 0.15) is 11.4 Å². The van der Waals surface area contributed by atoms with E-state index < -0.39 is 5.60 Å². The lowest BCUT2D eigenvalue weighted by atomic mass is 9.90. The van der Waals surface area contributed by atoms with Crippen LogP contribution in [-0.2, 0) is 5.60 Å². The number of furan rings is 1. The maximum atomic E-state index is 11.3. The summed E-state index contributed by atoms with van der Waals surface area (Å²) < 4.78 is 12.4. The number of aliphatic hydroxyl groups is 1. The Labute approximate surface area is 151 Å². The van der Waals surface area contributed by atoms with Crippen LogP contribution in [0.25, 0.3) is 17.3 Å². The van der Waals surface area contributed by atoms with Crippen LogP contribution in [0.3, 0.4) is 0 Å². The zero-order valence-electron chi connectivity index (χ0n) is 14.9. The molecule has 1 fully saturated rings. The highest BCUT2D eigenvalue weighted by Crippen LogP contribution is 2.34. The van der Waals surface area contributed by atoms with E-state index in [-0.39, 0.29) is 0 Å². The van der Waals surface area contributed by atoms with Crippen LogP contribution in [0.5, 0.6) is 5.75 Å². The highest BCUT2D eigenvalue weighted by Gasteiger charge is 2.38. The number of nitrogens with zero attached hydrogens (tertiary/aromatic N) is 4. The largest absolute Gasteiger partial charge is 0.497 e. The summed E-state index contributed by atoms with van der Waals surface area (Å²) in [5, 5.41) is 15.9. The van der Waals surface area contributed by atoms with Gasteiger partial charge in [0.2, 0.25) is 5.82 Å². The maximum absolute atomic E-state index is 11.3. The second kappa shape index (κ2) is 6.59. The number of likely N-dealkylation sites (tertiary alicyclic amines) is 1. The van der Waals surface area contributed by atoms with Gasteiger partial charge in [0.05, 0.1) is 19.1 Å². The molecule has 1 aliphatic rings. The molecule has 3 heterocycles. The van der Waals surface area contributed by atoms with Crippen molar-refractivity contribution in [3.05, 3.63) is 48.5 Å². The van der Waals surface area contributed by atoms with Gasteiger partial charge in [-0.2, -0.15) is 0 Å². The third-order valence-corrected chi connectivity index (χ3v) is 4.90. The first kappa shape index (κ1) is 16.8. The molecule has 1 aromatic carbocycles. The summed E-state index contributed by atoms with van der Waals surface area (Å²) in [6.07, 6.45) is 2.80. The molecule has 3 aromatic rings. The standard InChI is InChI=1S/C19H22N4O3/c1-22-11-9-19(24,10-12-22)18-20-17(16-4-3-13-26-16)21-23(18)14-5-7-15(25-2)8-6-14/h3-8,13,24H,9-12H2,1-2H3. The summed E-state index contributed by atoms with van der Waals surface area (Å²) in [6.45, 7) is 1.62. The molecule has 2 aromatic heterocycles. The Morgan fingerprint density at radius 3 is 2.50 bits per heavy atom. The Balaban J connectivity index is 1.80. The van der Waals surface area contributed by atoms with E-state index in [0.717, 1.165) is 24.5 Å². The number of methoxy groups -OCH3 is 1. The number of benzene rings is 1. The van der Waals surface area contributed by atoms with Crippen LogP contribution >= 0.6 is 0 Å². The molecular weight excluding hydrogens is 332 g/mol. The van der Waals surface area contributed by atoms with Crippen molar-refractivity contribution in [1.82, 2.24) is 19.7 Å². The van der Waals surface area contributed by atoms with E-state index in [1.54, 1.807) is 24.1 Å². The smallest absolute Gasteiger partial charge is 0.217 e. The van der Waals surface area contributed by atoms with Crippen LogP contribution in [0.15, 0.2) is 47.1 Å². The van der Waals surface area contributed by atoms with Gasteiger partial charge < -0.3 is 19.2 Å². The molecule has 0 saturated carbocycles. The number of rotatable bonds is 4. The summed E-state index contributed by atoms with van der Waals surface area (Å²) in [5.74, 6) is 2.35. The van der Waals surface area contributed by atoms with Crippen molar-refractivity contribution in [3.63, 3.8) is 0 Å². The Kier molecular flexibility index (Phi) is 4.26. The molecule has 0 aliphatic carbocycles. The van der Waals surface area contributed by atoms with E-state index >= 15 is 0 Å². The molecule has 1 saturated heterocycles. The molecule has 136 valence electrons. The SMILES string of the molecule is COc1ccc(-n2nc(-c3ccco3)nc2C2(O)CCN(C)CC2)cc1. The highest BCUT2D eigenvalue weighted by molar-refractivity contribution is 5.48. The molecule has 0 unspecified atom stereocenters. The first-order valence-corrected chi connectivity index (χ1v) is 8.66. The molecule has 26 heavy (non-hydrogen) atoms. The lowest BCUT2D eigenvalue weighted by Crippen LogP contribution is -2.42. The van der Waals surface area contributed by atoms with Crippen LogP contribution in [0, 0.1) is 0 Å². The average Bonchev–Trinajstić information content (AvgIpc) is 3.34. The monoisotopic (exact) mass is 354 g/mol. The number of aromatic nitrogens is 3. The number of piperidine rings is 1. The van der Waals surface area contributed by atoms with E-state index in [9.17, 15) is 5.11 Å². The summed E-state index contributed by atoms with van der Waals surface area (Å²) in [5.41, 5.74) is -0.206. The molecule has 4 rings (SSSR count). The first-order chi connectivity index (χ1) is 12.6. The molecule has 0 amide bonds. The van der Waals surface area contributed by atoms with Gasteiger partial charge in [0, 0.05) is 13.1 Å². The van der Waals surface area contributed by atoms with Gasteiger partial charge in [-0.05, 0) is 56.3 Å². The van der Waals surface area contributed by atoms with E-state index in [1.165, 1.54) is 0 Å². The molecule has 0 radical (unpaired) electrons.